The number of hydrogen-bond acceptors (Lipinski definition) is 5. The van der Waals surface area contributed by atoms with Crippen LogP contribution in [0.1, 0.15) is 66.7 Å². The van der Waals surface area contributed by atoms with Crippen LogP contribution in [-0.2, 0) is 23.8 Å². The van der Waals surface area contributed by atoms with Gasteiger partial charge in [-0.05, 0) is 61.7 Å². The van der Waals surface area contributed by atoms with Crippen LogP contribution in [0, 0.1) is 57.7 Å². The fraction of sp³-hybridized carbons (Fsp3) is 0.862. The lowest BCUT2D eigenvalue weighted by Gasteiger charge is -2.58. The molecule has 3 saturated carbocycles. The summed E-state index contributed by atoms with van der Waals surface area (Å²) in [6.45, 7) is 11.9. The first-order valence-corrected chi connectivity index (χ1v) is 13.9. The molecule has 6 aliphatic rings. The maximum Gasteiger partial charge on any atom is 0.315 e. The van der Waals surface area contributed by atoms with Gasteiger partial charge in [-0.15, -0.1) is 0 Å². The number of hydrogen-bond donors (Lipinski definition) is 1. The van der Waals surface area contributed by atoms with Crippen molar-refractivity contribution in [1.82, 2.24) is 0 Å². The van der Waals surface area contributed by atoms with E-state index in [1.165, 1.54) is 0 Å². The molecule has 0 radical (unpaired) electrons. The van der Waals surface area contributed by atoms with Crippen molar-refractivity contribution in [3.05, 3.63) is 11.6 Å². The van der Waals surface area contributed by atoms with Gasteiger partial charge in [0.2, 0.25) is 0 Å². The molecular weight excluding hydrogens is 444 g/mol. The first-order valence-electron chi connectivity index (χ1n) is 13.9. The summed E-state index contributed by atoms with van der Waals surface area (Å²) in [6.07, 6.45) is 7.27. The minimum atomic E-state index is -1.19. The van der Waals surface area contributed by atoms with Gasteiger partial charge in [-0.2, -0.15) is 0 Å². The molecule has 6 heteroatoms. The van der Waals surface area contributed by atoms with Crippen molar-refractivity contribution < 1.29 is 28.9 Å². The third-order valence-corrected chi connectivity index (χ3v) is 11.6. The molecule has 0 aromatic heterocycles. The molecule has 35 heavy (non-hydrogen) atoms. The lowest BCUT2D eigenvalue weighted by Crippen LogP contribution is -2.63. The molecule has 0 amide bonds. The quantitative estimate of drug-likeness (QED) is 0.432. The molecule has 0 aromatic rings. The van der Waals surface area contributed by atoms with E-state index < -0.39 is 28.5 Å². The molecule has 5 fully saturated rings. The predicted molar refractivity (Wildman–Crippen MR) is 129 cm³/mol. The highest BCUT2D eigenvalue weighted by atomic mass is 16.7. The Morgan fingerprint density at radius 1 is 1.23 bits per heavy atom. The van der Waals surface area contributed by atoms with Crippen LogP contribution in [0.2, 0.25) is 0 Å². The average molecular weight is 487 g/mol. The van der Waals surface area contributed by atoms with Gasteiger partial charge in [0.25, 0.3) is 0 Å². The van der Waals surface area contributed by atoms with Crippen molar-refractivity contribution in [2.45, 2.75) is 85.2 Å². The lowest BCUT2D eigenvalue weighted by atomic mass is 9.43. The van der Waals surface area contributed by atoms with E-state index in [0.29, 0.717) is 43.1 Å². The second kappa shape index (κ2) is 7.88. The summed E-state index contributed by atoms with van der Waals surface area (Å²) in [6, 6.07) is 0. The van der Waals surface area contributed by atoms with E-state index in [-0.39, 0.29) is 30.0 Å². The molecule has 4 bridgehead atoms. The third-order valence-electron chi connectivity index (χ3n) is 11.6. The highest BCUT2D eigenvalue weighted by molar-refractivity contribution is 5.90. The van der Waals surface area contributed by atoms with Crippen LogP contribution < -0.4 is 0 Å². The molecule has 0 spiro atoms. The van der Waals surface area contributed by atoms with E-state index in [9.17, 15) is 14.7 Å². The molecule has 6 nitrogen and oxygen atoms in total. The van der Waals surface area contributed by atoms with Crippen molar-refractivity contribution in [3.63, 3.8) is 0 Å². The number of carboxylic acids is 1. The monoisotopic (exact) mass is 486 g/mol. The standard InChI is InChI=1S/C29H42O6/c1-15(2)22-8-19-10-27(13-30)21-7-6-16(3)20(21)11-28(19,29(22,27)26(31)32)14-34-24-9-23-25(18(5)35-24)17(4)12-33-23/h8,13,15-21,23-25H,6-7,9-12,14H2,1-5H3,(H,31,32)/t16?,17-,18-,19?,20?,21?,23+,24-,25+,27?,28?,29?/m1/s1. The van der Waals surface area contributed by atoms with E-state index in [4.69, 9.17) is 14.2 Å². The molecule has 4 aliphatic carbocycles. The van der Waals surface area contributed by atoms with Crippen LogP contribution >= 0.6 is 0 Å². The van der Waals surface area contributed by atoms with Crippen LogP contribution in [0.15, 0.2) is 11.6 Å². The normalized spacial score (nSPS) is 54.0. The fourth-order valence-electron chi connectivity index (χ4n) is 10.4. The Morgan fingerprint density at radius 3 is 2.69 bits per heavy atom. The van der Waals surface area contributed by atoms with Crippen molar-refractivity contribution in [2.75, 3.05) is 13.2 Å². The first kappa shape index (κ1) is 24.1. The maximum atomic E-state index is 13.5. The van der Waals surface area contributed by atoms with Gasteiger partial charge in [0.05, 0.1) is 24.2 Å². The summed E-state index contributed by atoms with van der Waals surface area (Å²) in [7, 11) is 0. The van der Waals surface area contributed by atoms with Gasteiger partial charge in [-0.25, -0.2) is 0 Å². The van der Waals surface area contributed by atoms with Gasteiger partial charge >= 0.3 is 5.97 Å². The molecule has 2 saturated heterocycles. The van der Waals surface area contributed by atoms with E-state index in [1.54, 1.807) is 0 Å². The van der Waals surface area contributed by atoms with Gasteiger partial charge in [-0.1, -0.05) is 45.8 Å². The van der Waals surface area contributed by atoms with Gasteiger partial charge < -0.3 is 24.1 Å². The maximum absolute atomic E-state index is 13.5. The minimum absolute atomic E-state index is 0.0477. The summed E-state index contributed by atoms with van der Waals surface area (Å²) in [5.41, 5.74) is -1.68. The number of rotatable bonds is 6. The summed E-state index contributed by atoms with van der Waals surface area (Å²) in [4.78, 5) is 26.7. The molecule has 2 heterocycles. The van der Waals surface area contributed by atoms with Crippen LogP contribution in [0.25, 0.3) is 0 Å². The highest BCUT2D eigenvalue weighted by Crippen LogP contribution is 2.82. The van der Waals surface area contributed by atoms with Crippen molar-refractivity contribution >= 4 is 12.3 Å². The average Bonchev–Trinajstić information content (AvgIpc) is 3.50. The number of aliphatic carboxylic acids is 1. The van der Waals surface area contributed by atoms with E-state index in [2.05, 4.69) is 40.7 Å². The predicted octanol–water partition coefficient (Wildman–Crippen LogP) is 4.71. The zero-order valence-electron chi connectivity index (χ0n) is 21.9. The number of carboxylic acid groups (broad SMARTS) is 1. The molecule has 1 N–H and O–H groups in total. The number of ether oxygens (including phenoxy) is 3. The van der Waals surface area contributed by atoms with Crippen LogP contribution in [0.4, 0.5) is 0 Å². The second-order valence-corrected chi connectivity index (χ2v) is 13.2. The highest BCUT2D eigenvalue weighted by Gasteiger charge is 2.84. The number of fused-ring (bicyclic) bond motifs is 3. The van der Waals surface area contributed by atoms with Crippen LogP contribution in [0.5, 0.6) is 0 Å². The molecule has 12 atom stereocenters. The SMILES string of the molecule is CC(C)C1=CC2CC3(C=O)C4CCC(C)C4CC2(CO[C@H]2C[C@@H]4OC[C@@H](C)[C@H]4[C@@H](C)O2)C13C(=O)O. The van der Waals surface area contributed by atoms with Gasteiger partial charge in [0.1, 0.15) is 11.7 Å². The van der Waals surface area contributed by atoms with Gasteiger partial charge in [0, 0.05) is 24.4 Å². The van der Waals surface area contributed by atoms with Crippen LogP contribution in [0.3, 0.4) is 0 Å². The molecule has 7 unspecified atom stereocenters. The van der Waals surface area contributed by atoms with Gasteiger partial charge in [-0.3, -0.25) is 4.79 Å². The summed E-state index contributed by atoms with van der Waals surface area (Å²) < 4.78 is 19.0. The van der Waals surface area contributed by atoms with E-state index in [0.717, 1.165) is 37.7 Å². The Hall–Kier alpha value is -1.24. The summed E-state index contributed by atoms with van der Waals surface area (Å²) >= 11 is 0. The Labute approximate surface area is 209 Å². The van der Waals surface area contributed by atoms with E-state index in [1.807, 2.05) is 0 Å². The number of carbonyl (C=O) groups excluding carboxylic acids is 1. The summed E-state index contributed by atoms with van der Waals surface area (Å²) in [5.74, 6) is 1.18. The number of carbonyl (C=O) groups is 2. The molecule has 6 rings (SSSR count). The number of aldehydes is 1. The lowest BCUT2D eigenvalue weighted by molar-refractivity contribution is -0.249. The number of allylic oxidation sites excluding steroid dienone is 1. The minimum Gasteiger partial charge on any atom is -0.481 e. The fourth-order valence-corrected chi connectivity index (χ4v) is 10.4. The van der Waals surface area contributed by atoms with Crippen molar-refractivity contribution in [3.8, 4) is 0 Å². The molecule has 2 aliphatic heterocycles. The Balaban J connectivity index is 1.38. The largest absolute Gasteiger partial charge is 0.481 e. The van der Waals surface area contributed by atoms with Crippen molar-refractivity contribution in [1.29, 1.82) is 0 Å². The van der Waals surface area contributed by atoms with E-state index >= 15 is 0 Å². The zero-order chi connectivity index (χ0) is 24.9. The molecule has 194 valence electrons. The Bertz CT molecular complexity index is 943. The van der Waals surface area contributed by atoms with Crippen LogP contribution in [-0.4, -0.2) is 49.1 Å². The molecular formula is C29H42O6. The molecule has 0 aromatic carbocycles. The van der Waals surface area contributed by atoms with Crippen molar-refractivity contribution in [2.24, 2.45) is 57.7 Å². The second-order valence-electron chi connectivity index (χ2n) is 13.2. The smallest absolute Gasteiger partial charge is 0.315 e. The summed E-state index contributed by atoms with van der Waals surface area (Å²) in [5, 5.41) is 11.1. The Morgan fingerprint density at radius 2 is 2.00 bits per heavy atom. The van der Waals surface area contributed by atoms with Gasteiger partial charge in [0.15, 0.2) is 6.29 Å². The third kappa shape index (κ3) is 2.77. The first-order chi connectivity index (χ1) is 16.6. The Kier molecular flexibility index (Phi) is 5.43. The zero-order valence-corrected chi connectivity index (χ0v) is 21.9. The topological polar surface area (TPSA) is 82.1 Å².